The number of anilines is 1. The highest BCUT2D eigenvalue weighted by atomic mass is 16.5. The molecule has 164 valence electrons. The van der Waals surface area contributed by atoms with Gasteiger partial charge in [-0.2, -0.15) is 0 Å². The fourth-order valence-corrected chi connectivity index (χ4v) is 3.26. The Morgan fingerprint density at radius 2 is 1.75 bits per heavy atom. The number of rotatable bonds is 9. The first-order chi connectivity index (χ1) is 15.7. The number of carbonyl (C=O) groups is 1. The van der Waals surface area contributed by atoms with Gasteiger partial charge >= 0.3 is 0 Å². The number of oxazole rings is 1. The number of para-hydroxylation sites is 1. The van der Waals surface area contributed by atoms with Crippen LogP contribution in [0.25, 0.3) is 22.6 Å². The van der Waals surface area contributed by atoms with E-state index in [-0.39, 0.29) is 5.91 Å². The van der Waals surface area contributed by atoms with Crippen molar-refractivity contribution >= 4 is 22.7 Å². The summed E-state index contributed by atoms with van der Waals surface area (Å²) < 4.78 is 22.1. The predicted molar refractivity (Wildman–Crippen MR) is 122 cm³/mol. The van der Waals surface area contributed by atoms with Crippen molar-refractivity contribution in [2.45, 2.75) is 12.8 Å². The Morgan fingerprint density at radius 1 is 0.969 bits per heavy atom. The summed E-state index contributed by atoms with van der Waals surface area (Å²) in [5.74, 6) is 2.58. The second kappa shape index (κ2) is 9.87. The third-order valence-corrected chi connectivity index (χ3v) is 4.89. The highest BCUT2D eigenvalue weighted by Crippen LogP contribution is 2.32. The van der Waals surface area contributed by atoms with E-state index in [1.807, 2.05) is 60.7 Å². The first kappa shape index (κ1) is 21.2. The smallest absolute Gasteiger partial charge is 0.231 e. The molecule has 0 radical (unpaired) electrons. The maximum Gasteiger partial charge on any atom is 0.231 e. The van der Waals surface area contributed by atoms with Gasteiger partial charge in [0, 0.05) is 18.2 Å². The van der Waals surface area contributed by atoms with Gasteiger partial charge in [0.2, 0.25) is 11.8 Å². The van der Waals surface area contributed by atoms with Gasteiger partial charge in [0.1, 0.15) is 22.8 Å². The Labute approximate surface area is 185 Å². The Morgan fingerprint density at radius 3 is 2.53 bits per heavy atom. The van der Waals surface area contributed by atoms with E-state index in [4.69, 9.17) is 18.6 Å². The molecule has 0 aliphatic heterocycles. The molecule has 3 aromatic carbocycles. The molecule has 1 aromatic heterocycles. The van der Waals surface area contributed by atoms with E-state index in [0.29, 0.717) is 47.9 Å². The van der Waals surface area contributed by atoms with Crippen LogP contribution in [0.15, 0.2) is 71.1 Å². The summed E-state index contributed by atoms with van der Waals surface area (Å²) in [5, 5.41) is 2.90. The fraction of sp³-hybridized carbons (Fsp3) is 0.200. The number of amides is 1. The fourth-order valence-electron chi connectivity index (χ4n) is 3.26. The summed E-state index contributed by atoms with van der Waals surface area (Å²) in [4.78, 5) is 16.8. The third kappa shape index (κ3) is 5.00. The van der Waals surface area contributed by atoms with Gasteiger partial charge in [0.15, 0.2) is 5.58 Å². The lowest BCUT2D eigenvalue weighted by molar-refractivity contribution is -0.116. The molecule has 0 fully saturated rings. The van der Waals surface area contributed by atoms with Crippen LogP contribution in [0.2, 0.25) is 0 Å². The number of hydrogen-bond acceptors (Lipinski definition) is 6. The topological polar surface area (TPSA) is 82.8 Å². The van der Waals surface area contributed by atoms with Crippen molar-refractivity contribution in [1.82, 2.24) is 4.98 Å². The third-order valence-electron chi connectivity index (χ3n) is 4.89. The molecular weight excluding hydrogens is 408 g/mol. The van der Waals surface area contributed by atoms with E-state index in [0.717, 1.165) is 17.1 Å². The molecule has 4 rings (SSSR count). The Hall–Kier alpha value is -4.00. The number of carbonyl (C=O) groups excluding carboxylic acids is 1. The Kier molecular flexibility index (Phi) is 6.55. The zero-order chi connectivity index (χ0) is 22.3. The maximum absolute atomic E-state index is 12.3. The first-order valence-electron chi connectivity index (χ1n) is 10.3. The number of benzene rings is 3. The minimum absolute atomic E-state index is 0.0906. The van der Waals surface area contributed by atoms with Crippen molar-refractivity contribution in [3.8, 4) is 28.7 Å². The van der Waals surface area contributed by atoms with E-state index >= 15 is 0 Å². The SMILES string of the molecule is COc1ccc(OCCCC(=O)Nc2ccc3nc(-c4ccccc4OC)oc3c2)cc1. The summed E-state index contributed by atoms with van der Waals surface area (Å²) >= 11 is 0. The van der Waals surface area contributed by atoms with Gasteiger partial charge in [0.25, 0.3) is 0 Å². The lowest BCUT2D eigenvalue weighted by Gasteiger charge is -2.08. The molecule has 1 N–H and O–H groups in total. The second-order valence-corrected chi connectivity index (χ2v) is 7.08. The van der Waals surface area contributed by atoms with Crippen LogP contribution in [0, 0.1) is 0 Å². The molecule has 0 spiro atoms. The number of aromatic nitrogens is 1. The molecular formula is C25H24N2O5. The average molecular weight is 432 g/mol. The molecule has 0 unspecified atom stereocenters. The molecule has 1 heterocycles. The van der Waals surface area contributed by atoms with Gasteiger partial charge in [-0.25, -0.2) is 4.98 Å². The van der Waals surface area contributed by atoms with Gasteiger partial charge in [0.05, 0.1) is 26.4 Å². The maximum atomic E-state index is 12.3. The van der Waals surface area contributed by atoms with Gasteiger partial charge in [-0.3, -0.25) is 4.79 Å². The molecule has 1 amide bonds. The van der Waals surface area contributed by atoms with E-state index in [1.165, 1.54) is 0 Å². The van der Waals surface area contributed by atoms with Crippen LogP contribution in [-0.2, 0) is 4.79 Å². The molecule has 0 bridgehead atoms. The molecule has 0 saturated heterocycles. The van der Waals surface area contributed by atoms with Crippen LogP contribution in [-0.4, -0.2) is 31.7 Å². The van der Waals surface area contributed by atoms with Gasteiger partial charge in [-0.1, -0.05) is 12.1 Å². The molecule has 0 atom stereocenters. The molecule has 0 saturated carbocycles. The monoisotopic (exact) mass is 432 g/mol. The number of fused-ring (bicyclic) bond motifs is 1. The highest BCUT2D eigenvalue weighted by molar-refractivity contribution is 5.93. The Balaban J connectivity index is 1.33. The summed E-state index contributed by atoms with van der Waals surface area (Å²) in [6, 6.07) is 20.3. The molecule has 7 heteroatoms. The number of hydrogen-bond donors (Lipinski definition) is 1. The van der Waals surface area contributed by atoms with Gasteiger partial charge in [-0.15, -0.1) is 0 Å². The molecule has 4 aromatic rings. The van der Waals surface area contributed by atoms with Crippen molar-refractivity contribution in [3.05, 3.63) is 66.7 Å². The lowest BCUT2D eigenvalue weighted by atomic mass is 10.2. The van der Waals surface area contributed by atoms with E-state index < -0.39 is 0 Å². The molecule has 0 aliphatic carbocycles. The molecule has 7 nitrogen and oxygen atoms in total. The van der Waals surface area contributed by atoms with Gasteiger partial charge < -0.3 is 23.9 Å². The summed E-state index contributed by atoms with van der Waals surface area (Å²) in [6.45, 7) is 0.448. The average Bonchev–Trinajstić information content (AvgIpc) is 3.25. The predicted octanol–water partition coefficient (Wildman–Crippen LogP) is 5.31. The van der Waals surface area contributed by atoms with Crippen LogP contribution >= 0.6 is 0 Å². The molecule has 0 aliphatic rings. The normalized spacial score (nSPS) is 10.7. The van der Waals surface area contributed by atoms with Crippen molar-refractivity contribution in [2.24, 2.45) is 0 Å². The number of methoxy groups -OCH3 is 2. The van der Waals surface area contributed by atoms with Gasteiger partial charge in [-0.05, 0) is 55.0 Å². The van der Waals surface area contributed by atoms with Crippen molar-refractivity contribution in [2.75, 3.05) is 26.1 Å². The van der Waals surface area contributed by atoms with Crippen LogP contribution in [0.5, 0.6) is 17.2 Å². The zero-order valence-electron chi connectivity index (χ0n) is 18.0. The quantitative estimate of drug-likeness (QED) is 0.361. The number of ether oxygens (including phenoxy) is 3. The van der Waals surface area contributed by atoms with Crippen molar-refractivity contribution in [1.29, 1.82) is 0 Å². The standard InChI is InChI=1S/C25H24N2O5/c1-29-18-10-12-19(13-11-18)31-15-5-8-24(28)26-17-9-14-21-23(16-17)32-25(27-21)20-6-3-4-7-22(20)30-2/h3-4,6-7,9-14,16H,5,8,15H2,1-2H3,(H,26,28). The zero-order valence-corrected chi connectivity index (χ0v) is 18.0. The second-order valence-electron chi connectivity index (χ2n) is 7.08. The number of nitrogens with one attached hydrogen (secondary N) is 1. The van der Waals surface area contributed by atoms with E-state index in [2.05, 4.69) is 10.3 Å². The van der Waals surface area contributed by atoms with E-state index in [9.17, 15) is 4.79 Å². The van der Waals surface area contributed by atoms with Crippen molar-refractivity contribution in [3.63, 3.8) is 0 Å². The minimum Gasteiger partial charge on any atom is -0.497 e. The minimum atomic E-state index is -0.0906. The van der Waals surface area contributed by atoms with Crippen LogP contribution in [0.1, 0.15) is 12.8 Å². The lowest BCUT2D eigenvalue weighted by Crippen LogP contribution is -2.12. The summed E-state index contributed by atoms with van der Waals surface area (Å²) in [6.07, 6.45) is 0.942. The van der Waals surface area contributed by atoms with Crippen LogP contribution < -0.4 is 19.5 Å². The number of nitrogens with zero attached hydrogens (tertiary/aromatic N) is 1. The molecule has 32 heavy (non-hydrogen) atoms. The highest BCUT2D eigenvalue weighted by Gasteiger charge is 2.13. The van der Waals surface area contributed by atoms with Crippen LogP contribution in [0.4, 0.5) is 5.69 Å². The summed E-state index contributed by atoms with van der Waals surface area (Å²) in [7, 11) is 3.23. The van der Waals surface area contributed by atoms with Crippen molar-refractivity contribution < 1.29 is 23.4 Å². The van der Waals surface area contributed by atoms with E-state index in [1.54, 1.807) is 20.3 Å². The summed E-state index contributed by atoms with van der Waals surface area (Å²) in [5.41, 5.74) is 2.72. The Bertz CT molecular complexity index is 1200. The van der Waals surface area contributed by atoms with Crippen LogP contribution in [0.3, 0.4) is 0 Å². The largest absolute Gasteiger partial charge is 0.497 e. The first-order valence-corrected chi connectivity index (χ1v) is 10.3.